The van der Waals surface area contributed by atoms with Crippen LogP contribution in [0.3, 0.4) is 0 Å². The molecule has 1 aliphatic carbocycles. The summed E-state index contributed by atoms with van der Waals surface area (Å²) in [5.74, 6) is 0. The molecule has 29 heavy (non-hydrogen) atoms. The SMILES string of the molecule is NS(=O)(=O)c1ccc(NS(=O)(=O)c2cn(C3CCCC3)nc2-c2cccs2)cc1. The molecule has 1 aromatic carbocycles. The highest BCUT2D eigenvalue weighted by atomic mass is 32.2. The molecule has 11 heteroatoms. The summed E-state index contributed by atoms with van der Waals surface area (Å²) in [7, 11) is -7.78. The molecule has 8 nitrogen and oxygen atoms in total. The van der Waals surface area contributed by atoms with Crippen LogP contribution in [-0.4, -0.2) is 26.6 Å². The summed E-state index contributed by atoms with van der Waals surface area (Å²) in [5.41, 5.74) is 0.656. The second-order valence-electron chi connectivity index (χ2n) is 6.91. The molecule has 4 rings (SSSR count). The van der Waals surface area contributed by atoms with Gasteiger partial charge in [-0.25, -0.2) is 22.0 Å². The van der Waals surface area contributed by atoms with Gasteiger partial charge in [0.2, 0.25) is 10.0 Å². The first-order valence-corrected chi connectivity index (χ1v) is 12.9. The van der Waals surface area contributed by atoms with Crippen LogP contribution in [0.4, 0.5) is 5.69 Å². The van der Waals surface area contributed by atoms with E-state index < -0.39 is 20.0 Å². The van der Waals surface area contributed by atoms with Gasteiger partial charge in [0.15, 0.2) is 0 Å². The molecule has 1 saturated carbocycles. The molecule has 1 aliphatic rings. The number of benzene rings is 1. The van der Waals surface area contributed by atoms with Crippen molar-refractivity contribution in [2.75, 3.05) is 4.72 Å². The highest BCUT2D eigenvalue weighted by Gasteiger charge is 2.27. The van der Waals surface area contributed by atoms with Crippen LogP contribution >= 0.6 is 11.3 Å². The van der Waals surface area contributed by atoms with E-state index >= 15 is 0 Å². The van der Waals surface area contributed by atoms with Crippen LogP contribution in [-0.2, 0) is 20.0 Å². The Morgan fingerprint density at radius 2 is 1.76 bits per heavy atom. The molecule has 0 saturated heterocycles. The Morgan fingerprint density at radius 1 is 1.07 bits per heavy atom. The summed E-state index contributed by atoms with van der Waals surface area (Å²) in [6, 6.07) is 9.14. The predicted octanol–water partition coefficient (Wildman–Crippen LogP) is 3.17. The summed E-state index contributed by atoms with van der Waals surface area (Å²) < 4.78 is 53.3. The molecule has 2 heterocycles. The van der Waals surface area contributed by atoms with Crippen molar-refractivity contribution in [1.29, 1.82) is 0 Å². The standard InChI is InChI=1S/C18H20N4O4S3/c19-28(23,24)15-9-7-13(8-10-15)21-29(25,26)17-12-22(14-4-1-2-5-14)20-18(17)16-6-3-11-27-16/h3,6-12,14,21H,1-2,4-5H2,(H2,19,23,24). The molecule has 1 fully saturated rings. The first kappa shape index (κ1) is 20.1. The van der Waals surface area contributed by atoms with Crippen molar-refractivity contribution < 1.29 is 16.8 Å². The highest BCUT2D eigenvalue weighted by Crippen LogP contribution is 2.35. The molecule has 0 bridgehead atoms. The van der Waals surface area contributed by atoms with E-state index in [1.165, 1.54) is 35.6 Å². The van der Waals surface area contributed by atoms with Gasteiger partial charge >= 0.3 is 0 Å². The van der Waals surface area contributed by atoms with E-state index in [0.29, 0.717) is 5.69 Å². The summed E-state index contributed by atoms with van der Waals surface area (Å²) >= 11 is 1.42. The van der Waals surface area contributed by atoms with Crippen LogP contribution in [0, 0.1) is 0 Å². The number of hydrogen-bond acceptors (Lipinski definition) is 6. The van der Waals surface area contributed by atoms with Gasteiger partial charge in [0.1, 0.15) is 10.6 Å². The van der Waals surface area contributed by atoms with Crippen LogP contribution in [0.2, 0.25) is 0 Å². The lowest BCUT2D eigenvalue weighted by Crippen LogP contribution is -2.14. The number of aromatic nitrogens is 2. The molecule has 2 aromatic heterocycles. The maximum Gasteiger partial charge on any atom is 0.265 e. The van der Waals surface area contributed by atoms with Crippen molar-refractivity contribution in [3.8, 4) is 10.6 Å². The maximum atomic E-state index is 13.1. The van der Waals surface area contributed by atoms with Gasteiger partial charge in [-0.05, 0) is 48.6 Å². The Hall–Kier alpha value is -2.21. The van der Waals surface area contributed by atoms with Crippen LogP contribution in [0.1, 0.15) is 31.7 Å². The monoisotopic (exact) mass is 452 g/mol. The van der Waals surface area contributed by atoms with E-state index in [1.54, 1.807) is 10.9 Å². The number of sulfonamides is 2. The Labute approximate surface area is 173 Å². The molecular formula is C18H20N4O4S3. The third kappa shape index (κ3) is 4.22. The average Bonchev–Trinajstić information content (AvgIpc) is 3.40. The van der Waals surface area contributed by atoms with Gasteiger partial charge in [0, 0.05) is 11.9 Å². The Balaban J connectivity index is 1.70. The molecular weight excluding hydrogens is 432 g/mol. The zero-order chi connectivity index (χ0) is 20.6. The average molecular weight is 453 g/mol. The minimum atomic E-state index is -3.93. The van der Waals surface area contributed by atoms with E-state index in [-0.39, 0.29) is 21.5 Å². The topological polar surface area (TPSA) is 124 Å². The number of thiophene rings is 1. The van der Waals surface area contributed by atoms with Gasteiger partial charge in [0.25, 0.3) is 10.0 Å². The minimum Gasteiger partial charge on any atom is -0.280 e. The third-order valence-electron chi connectivity index (χ3n) is 4.88. The molecule has 3 N–H and O–H groups in total. The fourth-order valence-corrected chi connectivity index (χ4v) is 5.95. The lowest BCUT2D eigenvalue weighted by atomic mass is 10.3. The number of anilines is 1. The number of nitrogens with two attached hydrogens (primary N) is 1. The molecule has 0 spiro atoms. The normalized spacial score (nSPS) is 15.6. The maximum absolute atomic E-state index is 13.1. The van der Waals surface area contributed by atoms with Gasteiger partial charge in [-0.15, -0.1) is 11.3 Å². The van der Waals surface area contributed by atoms with Crippen molar-refractivity contribution in [1.82, 2.24) is 9.78 Å². The van der Waals surface area contributed by atoms with Crippen LogP contribution in [0.15, 0.2) is 57.8 Å². The van der Waals surface area contributed by atoms with Gasteiger partial charge < -0.3 is 0 Å². The summed E-state index contributed by atoms with van der Waals surface area (Å²) in [6.45, 7) is 0. The van der Waals surface area contributed by atoms with Gasteiger partial charge in [0.05, 0.1) is 15.8 Å². The molecule has 0 amide bonds. The third-order valence-corrected chi connectivity index (χ3v) is 8.06. The Bertz CT molecular complexity index is 1210. The predicted molar refractivity (Wildman–Crippen MR) is 112 cm³/mol. The molecule has 154 valence electrons. The quantitative estimate of drug-likeness (QED) is 0.594. The van der Waals surface area contributed by atoms with Crippen LogP contribution < -0.4 is 9.86 Å². The van der Waals surface area contributed by atoms with Crippen molar-refractivity contribution in [3.05, 3.63) is 48.0 Å². The van der Waals surface area contributed by atoms with E-state index in [2.05, 4.69) is 9.82 Å². The number of nitrogens with zero attached hydrogens (tertiary/aromatic N) is 2. The first-order valence-electron chi connectivity index (χ1n) is 9.03. The molecule has 0 atom stereocenters. The lowest BCUT2D eigenvalue weighted by Gasteiger charge is -2.09. The van der Waals surface area contributed by atoms with Crippen LogP contribution in [0.5, 0.6) is 0 Å². The number of primary sulfonamides is 1. The van der Waals surface area contributed by atoms with E-state index in [9.17, 15) is 16.8 Å². The van der Waals surface area contributed by atoms with Crippen molar-refractivity contribution in [2.45, 2.75) is 41.5 Å². The van der Waals surface area contributed by atoms with Crippen molar-refractivity contribution in [2.24, 2.45) is 5.14 Å². The van der Waals surface area contributed by atoms with E-state index in [4.69, 9.17) is 5.14 Å². The molecule has 0 unspecified atom stereocenters. The second-order valence-corrected chi connectivity index (χ2v) is 11.1. The fraction of sp³-hybridized carbons (Fsp3) is 0.278. The van der Waals surface area contributed by atoms with Crippen LogP contribution in [0.25, 0.3) is 10.6 Å². The summed E-state index contributed by atoms with van der Waals surface area (Å²) in [6.07, 6.45) is 5.76. The summed E-state index contributed by atoms with van der Waals surface area (Å²) in [5, 5.41) is 11.6. The second kappa shape index (κ2) is 7.56. The lowest BCUT2D eigenvalue weighted by molar-refractivity contribution is 0.467. The molecule has 3 aromatic rings. The number of nitrogens with one attached hydrogen (secondary N) is 1. The molecule has 0 radical (unpaired) electrons. The van der Waals surface area contributed by atoms with Gasteiger partial charge in [-0.1, -0.05) is 18.9 Å². The highest BCUT2D eigenvalue weighted by molar-refractivity contribution is 7.93. The van der Waals surface area contributed by atoms with Crippen molar-refractivity contribution in [3.63, 3.8) is 0 Å². The van der Waals surface area contributed by atoms with Gasteiger partial charge in [-0.3, -0.25) is 9.40 Å². The molecule has 0 aliphatic heterocycles. The Kier molecular flexibility index (Phi) is 5.23. The summed E-state index contributed by atoms with van der Waals surface area (Å²) in [4.78, 5) is 0.780. The van der Waals surface area contributed by atoms with Crippen molar-refractivity contribution >= 4 is 37.1 Å². The van der Waals surface area contributed by atoms with E-state index in [1.807, 2.05) is 17.5 Å². The van der Waals surface area contributed by atoms with Gasteiger partial charge in [-0.2, -0.15) is 5.10 Å². The first-order chi connectivity index (χ1) is 13.7. The number of rotatable bonds is 6. The fourth-order valence-electron chi connectivity index (χ4n) is 3.43. The Morgan fingerprint density at radius 3 is 2.34 bits per heavy atom. The number of hydrogen-bond donors (Lipinski definition) is 2. The minimum absolute atomic E-state index is 0.0891. The zero-order valence-corrected chi connectivity index (χ0v) is 17.8. The smallest absolute Gasteiger partial charge is 0.265 e. The van der Waals surface area contributed by atoms with E-state index in [0.717, 1.165) is 30.6 Å². The zero-order valence-electron chi connectivity index (χ0n) is 15.4. The largest absolute Gasteiger partial charge is 0.280 e.